The summed E-state index contributed by atoms with van der Waals surface area (Å²) in [5, 5.41) is 2.95. The Kier molecular flexibility index (Phi) is 9.41. The highest BCUT2D eigenvalue weighted by atomic mass is 16.5. The molecule has 32 heavy (non-hydrogen) atoms. The van der Waals surface area contributed by atoms with E-state index in [-0.39, 0.29) is 18.1 Å². The maximum Gasteiger partial charge on any atom is 0.407 e. The number of nitrogens with one attached hydrogen (secondary N) is 1. The first-order valence-corrected chi connectivity index (χ1v) is 11.8. The fraction of sp³-hybridized carbons (Fsp3) is 0.600. The standard InChI is InChI=1S/C25H37N3O4/c1-3-31-24(29)17-21-9-11-23(12-10-21)28-15-13-27(14-16-28)18-20(2)26-25(30)32-19-22-7-5-4-6-8-22/h4-5,7,9,11,20H,3,6,8,10,12-19H2,1-2H3,(H,26,30). The molecule has 0 aromatic carbocycles. The Balaban J connectivity index is 1.34. The van der Waals surface area contributed by atoms with Crippen molar-refractivity contribution < 1.29 is 19.1 Å². The molecule has 176 valence electrons. The molecule has 0 aromatic rings. The summed E-state index contributed by atoms with van der Waals surface area (Å²) in [6.45, 7) is 9.37. The average Bonchev–Trinajstić information content (AvgIpc) is 2.79. The molecule has 1 saturated heterocycles. The van der Waals surface area contributed by atoms with Gasteiger partial charge in [0.2, 0.25) is 0 Å². The van der Waals surface area contributed by atoms with Crippen molar-refractivity contribution in [1.82, 2.24) is 15.1 Å². The van der Waals surface area contributed by atoms with E-state index < -0.39 is 0 Å². The summed E-state index contributed by atoms with van der Waals surface area (Å²) < 4.78 is 10.4. The molecule has 1 aliphatic heterocycles. The summed E-state index contributed by atoms with van der Waals surface area (Å²) in [7, 11) is 0. The summed E-state index contributed by atoms with van der Waals surface area (Å²) >= 11 is 0. The van der Waals surface area contributed by atoms with Gasteiger partial charge in [-0.05, 0) is 51.2 Å². The van der Waals surface area contributed by atoms with Crippen molar-refractivity contribution in [3.05, 3.63) is 47.2 Å². The second kappa shape index (κ2) is 12.5. The maximum atomic E-state index is 12.1. The van der Waals surface area contributed by atoms with Crippen molar-refractivity contribution in [2.75, 3.05) is 45.9 Å². The SMILES string of the molecule is CCOC(=O)CC1=CC=C(N2CCN(CC(C)NC(=O)OCC3=CC=CCC3)CC2)CC1. The number of piperazine rings is 1. The van der Waals surface area contributed by atoms with Crippen molar-refractivity contribution in [2.24, 2.45) is 0 Å². The molecule has 0 aromatic heterocycles. The van der Waals surface area contributed by atoms with Gasteiger partial charge in [-0.1, -0.05) is 29.9 Å². The molecule has 0 radical (unpaired) electrons. The van der Waals surface area contributed by atoms with E-state index in [0.717, 1.165) is 69.6 Å². The third-order valence-electron chi connectivity index (χ3n) is 6.05. The number of alkyl carbamates (subject to hydrolysis) is 1. The minimum Gasteiger partial charge on any atom is -0.466 e. The van der Waals surface area contributed by atoms with Crippen LogP contribution in [-0.2, 0) is 14.3 Å². The van der Waals surface area contributed by atoms with Crippen LogP contribution in [0.15, 0.2) is 47.2 Å². The molecule has 7 heteroatoms. The van der Waals surface area contributed by atoms with E-state index in [2.05, 4.69) is 33.3 Å². The Morgan fingerprint density at radius 1 is 1.03 bits per heavy atom. The van der Waals surface area contributed by atoms with E-state index in [1.54, 1.807) is 0 Å². The number of carbonyl (C=O) groups excluding carboxylic acids is 2. The third-order valence-corrected chi connectivity index (χ3v) is 6.05. The zero-order valence-electron chi connectivity index (χ0n) is 19.5. The highest BCUT2D eigenvalue weighted by Gasteiger charge is 2.22. The lowest BCUT2D eigenvalue weighted by Gasteiger charge is -2.39. The van der Waals surface area contributed by atoms with Gasteiger partial charge in [0.05, 0.1) is 13.0 Å². The minimum absolute atomic E-state index is 0.0385. The van der Waals surface area contributed by atoms with Crippen molar-refractivity contribution in [2.45, 2.75) is 52.0 Å². The number of hydrogen-bond donors (Lipinski definition) is 1. The van der Waals surface area contributed by atoms with Crippen LogP contribution in [0, 0.1) is 0 Å². The number of nitrogens with zero attached hydrogens (tertiary/aromatic N) is 2. The topological polar surface area (TPSA) is 71.1 Å². The number of rotatable bonds is 9. The second-order valence-electron chi connectivity index (χ2n) is 8.67. The molecule has 1 fully saturated rings. The fourth-order valence-electron chi connectivity index (χ4n) is 4.30. The highest BCUT2D eigenvalue weighted by Crippen LogP contribution is 2.24. The van der Waals surface area contributed by atoms with Gasteiger partial charge in [0, 0.05) is 44.5 Å². The van der Waals surface area contributed by atoms with Gasteiger partial charge in [0.25, 0.3) is 0 Å². The number of carbonyl (C=O) groups is 2. The summed E-state index contributed by atoms with van der Waals surface area (Å²) in [5.41, 5.74) is 3.65. The Labute approximate surface area is 191 Å². The van der Waals surface area contributed by atoms with E-state index in [1.807, 2.05) is 26.0 Å². The quantitative estimate of drug-likeness (QED) is 0.550. The zero-order chi connectivity index (χ0) is 22.8. The van der Waals surface area contributed by atoms with E-state index >= 15 is 0 Å². The Morgan fingerprint density at radius 2 is 1.84 bits per heavy atom. The molecule has 1 N–H and O–H groups in total. The van der Waals surface area contributed by atoms with Gasteiger partial charge in [-0.3, -0.25) is 9.69 Å². The number of esters is 1. The van der Waals surface area contributed by atoms with Crippen LogP contribution in [0.4, 0.5) is 4.79 Å². The van der Waals surface area contributed by atoms with Crippen LogP contribution in [0.3, 0.4) is 0 Å². The summed E-state index contributed by atoms with van der Waals surface area (Å²) in [6, 6.07) is 0.0385. The zero-order valence-corrected chi connectivity index (χ0v) is 19.5. The van der Waals surface area contributed by atoms with Crippen molar-refractivity contribution in [3.63, 3.8) is 0 Å². The minimum atomic E-state index is -0.343. The molecule has 7 nitrogen and oxygen atoms in total. The Hall–Kier alpha value is -2.54. The van der Waals surface area contributed by atoms with Crippen LogP contribution in [0.25, 0.3) is 0 Å². The smallest absolute Gasteiger partial charge is 0.407 e. The summed E-state index contributed by atoms with van der Waals surface area (Å²) in [5.74, 6) is -0.140. The van der Waals surface area contributed by atoms with Crippen LogP contribution >= 0.6 is 0 Å². The molecule has 0 spiro atoms. The number of allylic oxidation sites excluding steroid dienone is 6. The molecule has 2 aliphatic carbocycles. The highest BCUT2D eigenvalue weighted by molar-refractivity contribution is 5.72. The lowest BCUT2D eigenvalue weighted by Crippen LogP contribution is -2.50. The van der Waals surface area contributed by atoms with Crippen molar-refractivity contribution >= 4 is 12.1 Å². The number of hydrogen-bond acceptors (Lipinski definition) is 6. The van der Waals surface area contributed by atoms with E-state index in [9.17, 15) is 9.59 Å². The molecule has 1 unspecified atom stereocenters. The predicted molar refractivity (Wildman–Crippen MR) is 125 cm³/mol. The molecule has 3 rings (SSSR count). The van der Waals surface area contributed by atoms with Gasteiger partial charge in [-0.15, -0.1) is 0 Å². The predicted octanol–water partition coefficient (Wildman–Crippen LogP) is 3.55. The molecule has 3 aliphatic rings. The van der Waals surface area contributed by atoms with Crippen molar-refractivity contribution in [1.29, 1.82) is 0 Å². The molecule has 1 amide bonds. The maximum absolute atomic E-state index is 12.1. The van der Waals surface area contributed by atoms with Crippen LogP contribution in [0.2, 0.25) is 0 Å². The Morgan fingerprint density at radius 3 is 2.50 bits per heavy atom. The molecule has 0 saturated carbocycles. The van der Waals surface area contributed by atoms with Crippen LogP contribution in [-0.4, -0.2) is 73.8 Å². The molecular formula is C25H37N3O4. The normalized spacial score (nSPS) is 20.1. The van der Waals surface area contributed by atoms with Gasteiger partial charge >= 0.3 is 12.1 Å². The van der Waals surface area contributed by atoms with Crippen molar-refractivity contribution in [3.8, 4) is 0 Å². The van der Waals surface area contributed by atoms with E-state index in [1.165, 1.54) is 5.70 Å². The van der Waals surface area contributed by atoms with Gasteiger partial charge in [0.1, 0.15) is 6.61 Å². The largest absolute Gasteiger partial charge is 0.466 e. The van der Waals surface area contributed by atoms with Gasteiger partial charge in [-0.25, -0.2) is 4.79 Å². The number of ether oxygens (including phenoxy) is 2. The Bertz CT molecular complexity index is 776. The molecule has 0 bridgehead atoms. The summed E-state index contributed by atoms with van der Waals surface area (Å²) in [6.07, 6.45) is 14.3. The van der Waals surface area contributed by atoms with Crippen LogP contribution in [0.1, 0.15) is 46.0 Å². The van der Waals surface area contributed by atoms with E-state index in [0.29, 0.717) is 19.6 Å². The van der Waals surface area contributed by atoms with Gasteiger partial charge in [0.15, 0.2) is 0 Å². The van der Waals surface area contributed by atoms with Crippen LogP contribution in [0.5, 0.6) is 0 Å². The first-order valence-electron chi connectivity index (χ1n) is 11.8. The number of amides is 1. The lowest BCUT2D eigenvalue weighted by molar-refractivity contribution is -0.142. The van der Waals surface area contributed by atoms with Crippen LogP contribution < -0.4 is 5.32 Å². The third kappa shape index (κ3) is 7.86. The van der Waals surface area contributed by atoms with E-state index in [4.69, 9.17) is 9.47 Å². The first-order chi connectivity index (χ1) is 15.5. The van der Waals surface area contributed by atoms with Gasteiger partial charge in [-0.2, -0.15) is 0 Å². The van der Waals surface area contributed by atoms with Gasteiger partial charge < -0.3 is 19.7 Å². The monoisotopic (exact) mass is 443 g/mol. The molecular weight excluding hydrogens is 406 g/mol. The first kappa shape index (κ1) is 24.1. The molecule has 1 heterocycles. The second-order valence-corrected chi connectivity index (χ2v) is 8.67. The average molecular weight is 444 g/mol. The fourth-order valence-corrected chi connectivity index (χ4v) is 4.30. The summed E-state index contributed by atoms with van der Waals surface area (Å²) in [4.78, 5) is 28.6. The molecule has 1 atom stereocenters. The lowest BCUT2D eigenvalue weighted by atomic mass is 9.99.